The number of amides is 2. The molecule has 0 unspecified atom stereocenters. The van der Waals surface area contributed by atoms with Crippen LogP contribution in [-0.2, 0) is 9.59 Å². The maximum Gasteiger partial charge on any atom is 0.276 e. The molecule has 1 heterocycles. The van der Waals surface area contributed by atoms with Crippen molar-refractivity contribution in [1.82, 2.24) is 25.6 Å². The second kappa shape index (κ2) is 9.89. The summed E-state index contributed by atoms with van der Waals surface area (Å²) < 4.78 is 19.7. The molecule has 0 spiro atoms. The number of halogens is 2. The van der Waals surface area contributed by atoms with Crippen LogP contribution in [0.2, 0.25) is 5.02 Å². The van der Waals surface area contributed by atoms with Crippen molar-refractivity contribution in [3.05, 3.63) is 65.7 Å². The summed E-state index contributed by atoms with van der Waals surface area (Å²) in [4.78, 5) is 23.7. The van der Waals surface area contributed by atoms with Crippen LogP contribution in [0.3, 0.4) is 0 Å². The normalized spacial score (nSPS) is 10.4. The first-order chi connectivity index (χ1) is 14.0. The van der Waals surface area contributed by atoms with Gasteiger partial charge in [-0.1, -0.05) is 29.4 Å². The highest BCUT2D eigenvalue weighted by Gasteiger charge is 2.11. The molecule has 0 radical (unpaired) electrons. The molecule has 150 valence electrons. The Bertz CT molecular complexity index is 999. The number of thioether (sulfide) groups is 1. The van der Waals surface area contributed by atoms with Crippen LogP contribution in [0.4, 0.5) is 4.39 Å². The minimum Gasteiger partial charge on any atom is -0.484 e. The summed E-state index contributed by atoms with van der Waals surface area (Å²) in [5.41, 5.74) is 5.28. The predicted octanol–water partition coefficient (Wildman–Crippen LogP) is 2.38. The second-order valence-corrected chi connectivity index (χ2v) is 6.97. The number of benzene rings is 2. The van der Waals surface area contributed by atoms with Crippen LogP contribution in [0, 0.1) is 5.82 Å². The van der Waals surface area contributed by atoms with Gasteiger partial charge in [-0.3, -0.25) is 25.0 Å². The summed E-state index contributed by atoms with van der Waals surface area (Å²) in [6.07, 6.45) is 1.51. The standard InChI is InChI=1S/C18H15ClFN5O3S/c19-12-2-1-3-14(8-12)25-11-21-24-18(25)29-10-17(27)23-22-16(26)9-28-15-6-4-13(20)5-7-15/h1-8,11H,9-10H2,(H,22,26)(H,23,27). The van der Waals surface area contributed by atoms with E-state index in [4.69, 9.17) is 16.3 Å². The van der Waals surface area contributed by atoms with Crippen molar-refractivity contribution in [2.24, 2.45) is 0 Å². The molecule has 0 aliphatic rings. The number of hydrogen-bond acceptors (Lipinski definition) is 6. The highest BCUT2D eigenvalue weighted by Crippen LogP contribution is 2.21. The predicted molar refractivity (Wildman–Crippen MR) is 105 cm³/mol. The van der Waals surface area contributed by atoms with Gasteiger partial charge in [0.25, 0.3) is 5.91 Å². The first-order valence-electron chi connectivity index (χ1n) is 8.26. The molecule has 0 aliphatic carbocycles. The van der Waals surface area contributed by atoms with Crippen LogP contribution in [0.25, 0.3) is 5.69 Å². The fourth-order valence-electron chi connectivity index (χ4n) is 2.15. The van der Waals surface area contributed by atoms with Gasteiger partial charge in [0.15, 0.2) is 11.8 Å². The van der Waals surface area contributed by atoms with Crippen LogP contribution in [0.1, 0.15) is 0 Å². The average molecular weight is 436 g/mol. The third kappa shape index (κ3) is 6.19. The van der Waals surface area contributed by atoms with Crippen molar-refractivity contribution in [3.63, 3.8) is 0 Å². The summed E-state index contributed by atoms with van der Waals surface area (Å²) in [5, 5.41) is 8.88. The quantitative estimate of drug-likeness (QED) is 0.437. The molecular weight excluding hydrogens is 421 g/mol. The van der Waals surface area contributed by atoms with Crippen LogP contribution >= 0.6 is 23.4 Å². The Morgan fingerprint density at radius 3 is 2.66 bits per heavy atom. The summed E-state index contributed by atoms with van der Waals surface area (Å²) >= 11 is 7.13. The fraction of sp³-hybridized carbons (Fsp3) is 0.111. The van der Waals surface area contributed by atoms with Gasteiger partial charge < -0.3 is 4.74 Å². The molecule has 0 aliphatic heterocycles. The Morgan fingerprint density at radius 2 is 1.90 bits per heavy atom. The number of nitrogens with one attached hydrogen (secondary N) is 2. The molecular formula is C18H15ClFN5O3S. The topological polar surface area (TPSA) is 98.1 Å². The maximum absolute atomic E-state index is 12.8. The van der Waals surface area contributed by atoms with Crippen LogP contribution < -0.4 is 15.6 Å². The summed E-state index contributed by atoms with van der Waals surface area (Å²) in [6, 6.07) is 12.3. The van der Waals surface area contributed by atoms with Gasteiger partial charge in [-0.2, -0.15) is 0 Å². The highest BCUT2D eigenvalue weighted by atomic mass is 35.5. The molecule has 3 rings (SSSR count). The number of carbonyl (C=O) groups excluding carboxylic acids is 2. The van der Waals surface area contributed by atoms with E-state index in [0.717, 1.165) is 17.4 Å². The van der Waals surface area contributed by atoms with Gasteiger partial charge in [-0.25, -0.2) is 4.39 Å². The molecule has 1 aromatic heterocycles. The lowest BCUT2D eigenvalue weighted by Crippen LogP contribution is -2.44. The lowest BCUT2D eigenvalue weighted by molar-refractivity contribution is -0.128. The van der Waals surface area contributed by atoms with E-state index in [0.29, 0.717) is 15.9 Å². The summed E-state index contributed by atoms with van der Waals surface area (Å²) in [7, 11) is 0. The number of ether oxygens (including phenoxy) is 1. The average Bonchev–Trinajstić information content (AvgIpc) is 3.19. The van der Waals surface area contributed by atoms with Gasteiger partial charge >= 0.3 is 0 Å². The smallest absolute Gasteiger partial charge is 0.276 e. The van der Waals surface area contributed by atoms with Crippen LogP contribution in [0.5, 0.6) is 5.75 Å². The minimum atomic E-state index is -0.560. The van der Waals surface area contributed by atoms with Gasteiger partial charge in [0, 0.05) is 5.02 Å². The highest BCUT2D eigenvalue weighted by molar-refractivity contribution is 7.99. The first kappa shape index (κ1) is 20.6. The Balaban J connectivity index is 1.43. The van der Waals surface area contributed by atoms with E-state index in [2.05, 4.69) is 21.0 Å². The Hall–Kier alpha value is -3.11. The van der Waals surface area contributed by atoms with E-state index >= 15 is 0 Å². The number of hydrazine groups is 1. The van der Waals surface area contributed by atoms with Gasteiger partial charge in [-0.05, 0) is 42.5 Å². The lowest BCUT2D eigenvalue weighted by atomic mass is 10.3. The van der Waals surface area contributed by atoms with Crippen molar-refractivity contribution in [1.29, 1.82) is 0 Å². The minimum absolute atomic E-state index is 0.00163. The summed E-state index contributed by atoms with van der Waals surface area (Å²) in [6.45, 7) is -0.331. The van der Waals surface area contributed by atoms with E-state index < -0.39 is 17.6 Å². The molecule has 3 aromatic rings. The van der Waals surface area contributed by atoms with E-state index in [1.807, 2.05) is 6.07 Å². The van der Waals surface area contributed by atoms with Crippen molar-refractivity contribution in [2.75, 3.05) is 12.4 Å². The van der Waals surface area contributed by atoms with Crippen molar-refractivity contribution < 1.29 is 18.7 Å². The largest absolute Gasteiger partial charge is 0.484 e. The Morgan fingerprint density at radius 1 is 1.14 bits per heavy atom. The van der Waals surface area contributed by atoms with Gasteiger partial charge in [0.2, 0.25) is 5.91 Å². The lowest BCUT2D eigenvalue weighted by Gasteiger charge is -2.09. The fourth-order valence-corrected chi connectivity index (χ4v) is 3.06. The number of rotatable bonds is 7. The molecule has 2 amide bonds. The third-order valence-corrected chi connectivity index (χ3v) is 4.64. The van der Waals surface area contributed by atoms with Crippen LogP contribution in [-0.4, -0.2) is 38.9 Å². The van der Waals surface area contributed by atoms with Crippen molar-refractivity contribution in [2.45, 2.75) is 5.16 Å². The number of nitrogens with zero attached hydrogens (tertiary/aromatic N) is 3. The Labute approximate surface area is 174 Å². The third-order valence-electron chi connectivity index (χ3n) is 3.46. The molecule has 0 bridgehead atoms. The Kier molecular flexibility index (Phi) is 7.04. The molecule has 2 aromatic carbocycles. The molecule has 0 atom stereocenters. The molecule has 0 fully saturated rings. The summed E-state index contributed by atoms with van der Waals surface area (Å²) in [5.74, 6) is -1.07. The van der Waals surface area contributed by atoms with Crippen molar-refractivity contribution in [3.8, 4) is 11.4 Å². The van der Waals surface area contributed by atoms with Gasteiger partial charge in [0.1, 0.15) is 17.9 Å². The van der Waals surface area contributed by atoms with E-state index in [-0.39, 0.29) is 12.4 Å². The molecule has 0 saturated heterocycles. The number of aromatic nitrogens is 3. The van der Waals surface area contributed by atoms with Crippen LogP contribution in [0.15, 0.2) is 60.0 Å². The molecule has 29 heavy (non-hydrogen) atoms. The van der Waals surface area contributed by atoms with Gasteiger partial charge in [-0.15, -0.1) is 10.2 Å². The first-order valence-corrected chi connectivity index (χ1v) is 9.62. The zero-order chi connectivity index (χ0) is 20.6. The van der Waals surface area contributed by atoms with E-state index in [1.54, 1.807) is 22.8 Å². The zero-order valence-corrected chi connectivity index (χ0v) is 16.4. The SMILES string of the molecule is O=C(COc1ccc(F)cc1)NNC(=O)CSc1nncn1-c1cccc(Cl)c1. The molecule has 0 saturated carbocycles. The second-order valence-electron chi connectivity index (χ2n) is 5.59. The molecule has 2 N–H and O–H groups in total. The maximum atomic E-state index is 12.8. The molecule has 11 heteroatoms. The number of hydrogen-bond donors (Lipinski definition) is 2. The zero-order valence-electron chi connectivity index (χ0n) is 14.8. The van der Waals surface area contributed by atoms with Gasteiger partial charge in [0.05, 0.1) is 11.4 Å². The monoisotopic (exact) mass is 435 g/mol. The van der Waals surface area contributed by atoms with Crippen molar-refractivity contribution >= 4 is 35.2 Å². The molecule has 8 nitrogen and oxygen atoms in total. The number of carbonyl (C=O) groups is 2. The van der Waals surface area contributed by atoms with E-state index in [1.165, 1.54) is 30.6 Å². The van der Waals surface area contributed by atoms with E-state index in [9.17, 15) is 14.0 Å².